The Labute approximate surface area is 121 Å². The summed E-state index contributed by atoms with van der Waals surface area (Å²) in [6.45, 7) is 7.45. The van der Waals surface area contributed by atoms with Crippen LogP contribution in [0.3, 0.4) is 0 Å². The SMILES string of the molecule is CCCNC(C#N)CCSc1ccc(C(C)C)cc1. The zero-order valence-electron chi connectivity index (χ0n) is 12.1. The first-order valence-corrected chi connectivity index (χ1v) is 8.01. The lowest BCUT2D eigenvalue weighted by molar-refractivity contribution is 0.585. The van der Waals surface area contributed by atoms with Gasteiger partial charge in [0.15, 0.2) is 0 Å². The van der Waals surface area contributed by atoms with E-state index in [1.807, 2.05) is 11.8 Å². The van der Waals surface area contributed by atoms with Crippen LogP contribution in [-0.2, 0) is 0 Å². The van der Waals surface area contributed by atoms with Crippen molar-refractivity contribution in [3.63, 3.8) is 0 Å². The summed E-state index contributed by atoms with van der Waals surface area (Å²) >= 11 is 1.83. The third-order valence-electron chi connectivity index (χ3n) is 3.02. The summed E-state index contributed by atoms with van der Waals surface area (Å²) in [5, 5.41) is 12.3. The maximum Gasteiger partial charge on any atom is 0.0961 e. The third kappa shape index (κ3) is 6.13. The van der Waals surface area contributed by atoms with Crippen LogP contribution in [0.2, 0.25) is 0 Å². The average molecular weight is 276 g/mol. The molecule has 0 saturated carbocycles. The van der Waals surface area contributed by atoms with Crippen LogP contribution in [0.4, 0.5) is 0 Å². The van der Waals surface area contributed by atoms with Crippen molar-refractivity contribution in [2.24, 2.45) is 0 Å². The molecule has 0 amide bonds. The van der Waals surface area contributed by atoms with E-state index in [0.29, 0.717) is 5.92 Å². The summed E-state index contributed by atoms with van der Waals surface area (Å²) in [6.07, 6.45) is 1.97. The van der Waals surface area contributed by atoms with E-state index < -0.39 is 0 Å². The predicted molar refractivity (Wildman–Crippen MR) is 83.6 cm³/mol. The van der Waals surface area contributed by atoms with Gasteiger partial charge in [-0.2, -0.15) is 5.26 Å². The van der Waals surface area contributed by atoms with E-state index in [2.05, 4.69) is 56.4 Å². The van der Waals surface area contributed by atoms with Crippen LogP contribution in [0.15, 0.2) is 29.2 Å². The Morgan fingerprint density at radius 2 is 1.95 bits per heavy atom. The van der Waals surface area contributed by atoms with Gasteiger partial charge in [-0.25, -0.2) is 0 Å². The van der Waals surface area contributed by atoms with Crippen LogP contribution in [-0.4, -0.2) is 18.3 Å². The number of hydrogen-bond acceptors (Lipinski definition) is 3. The normalized spacial score (nSPS) is 12.4. The molecular weight excluding hydrogens is 252 g/mol. The summed E-state index contributed by atoms with van der Waals surface area (Å²) in [7, 11) is 0. The summed E-state index contributed by atoms with van der Waals surface area (Å²) in [4.78, 5) is 1.29. The van der Waals surface area contributed by atoms with Crippen LogP contribution in [0.25, 0.3) is 0 Å². The van der Waals surface area contributed by atoms with Gasteiger partial charge in [0.25, 0.3) is 0 Å². The molecule has 1 aromatic rings. The van der Waals surface area contributed by atoms with Crippen molar-refractivity contribution in [2.45, 2.75) is 50.5 Å². The molecule has 0 bridgehead atoms. The fourth-order valence-corrected chi connectivity index (χ4v) is 2.69. The van der Waals surface area contributed by atoms with Gasteiger partial charge in [-0.15, -0.1) is 11.8 Å². The van der Waals surface area contributed by atoms with Gasteiger partial charge in [0, 0.05) is 10.6 Å². The molecule has 1 atom stereocenters. The lowest BCUT2D eigenvalue weighted by Gasteiger charge is -2.10. The second-order valence-corrected chi connectivity index (χ2v) is 6.17. The fourth-order valence-electron chi connectivity index (χ4n) is 1.77. The van der Waals surface area contributed by atoms with Crippen LogP contribution in [0, 0.1) is 11.3 Å². The Hall–Kier alpha value is -0.980. The van der Waals surface area contributed by atoms with Crippen molar-refractivity contribution in [3.8, 4) is 6.07 Å². The number of rotatable bonds is 8. The van der Waals surface area contributed by atoms with E-state index in [9.17, 15) is 0 Å². The van der Waals surface area contributed by atoms with Gasteiger partial charge in [0.05, 0.1) is 12.1 Å². The minimum absolute atomic E-state index is 0.0117. The molecule has 1 aromatic carbocycles. The maximum absolute atomic E-state index is 9.03. The van der Waals surface area contributed by atoms with Gasteiger partial charge < -0.3 is 5.32 Å². The molecule has 0 aliphatic carbocycles. The topological polar surface area (TPSA) is 35.8 Å². The Kier molecular flexibility index (Phi) is 7.62. The second kappa shape index (κ2) is 9.01. The number of benzene rings is 1. The van der Waals surface area contributed by atoms with Crippen molar-refractivity contribution in [2.75, 3.05) is 12.3 Å². The van der Waals surface area contributed by atoms with E-state index in [1.165, 1.54) is 10.5 Å². The maximum atomic E-state index is 9.03. The van der Waals surface area contributed by atoms with Crippen molar-refractivity contribution < 1.29 is 0 Å². The Morgan fingerprint density at radius 1 is 1.26 bits per heavy atom. The summed E-state index contributed by atoms with van der Waals surface area (Å²) in [6, 6.07) is 11.1. The molecular formula is C16H24N2S. The molecule has 0 heterocycles. The van der Waals surface area contributed by atoms with Gasteiger partial charge in [0.2, 0.25) is 0 Å². The molecule has 0 saturated heterocycles. The number of nitriles is 1. The average Bonchev–Trinajstić information content (AvgIpc) is 2.43. The first-order chi connectivity index (χ1) is 9.17. The number of nitrogens with zero attached hydrogens (tertiary/aromatic N) is 1. The third-order valence-corrected chi connectivity index (χ3v) is 4.06. The number of hydrogen-bond donors (Lipinski definition) is 1. The molecule has 1 rings (SSSR count). The van der Waals surface area contributed by atoms with Crippen molar-refractivity contribution in [1.29, 1.82) is 5.26 Å². The number of thioether (sulfide) groups is 1. The highest BCUT2D eigenvalue weighted by Crippen LogP contribution is 2.22. The van der Waals surface area contributed by atoms with Crippen LogP contribution in [0.1, 0.15) is 45.1 Å². The zero-order valence-corrected chi connectivity index (χ0v) is 13.0. The van der Waals surface area contributed by atoms with Crippen LogP contribution >= 0.6 is 11.8 Å². The molecule has 1 N–H and O–H groups in total. The molecule has 104 valence electrons. The minimum atomic E-state index is -0.0117. The highest BCUT2D eigenvalue weighted by Gasteiger charge is 2.06. The number of nitrogens with one attached hydrogen (secondary N) is 1. The lowest BCUT2D eigenvalue weighted by Crippen LogP contribution is -2.28. The quantitative estimate of drug-likeness (QED) is 0.723. The molecule has 0 radical (unpaired) electrons. The molecule has 3 heteroatoms. The van der Waals surface area contributed by atoms with Gasteiger partial charge >= 0.3 is 0 Å². The zero-order chi connectivity index (χ0) is 14.1. The van der Waals surface area contributed by atoms with Gasteiger partial charge in [-0.3, -0.25) is 0 Å². The van der Waals surface area contributed by atoms with Crippen LogP contribution < -0.4 is 5.32 Å². The Balaban J connectivity index is 2.34. The fraction of sp³-hybridized carbons (Fsp3) is 0.562. The van der Waals surface area contributed by atoms with E-state index in [4.69, 9.17) is 5.26 Å². The van der Waals surface area contributed by atoms with Gasteiger partial charge in [-0.1, -0.05) is 32.9 Å². The molecule has 0 spiro atoms. The van der Waals surface area contributed by atoms with E-state index in [0.717, 1.165) is 25.1 Å². The molecule has 19 heavy (non-hydrogen) atoms. The predicted octanol–water partition coefficient (Wildman–Crippen LogP) is 4.18. The largest absolute Gasteiger partial charge is 0.302 e. The monoisotopic (exact) mass is 276 g/mol. The standard InChI is InChI=1S/C16H24N2S/c1-4-10-18-15(12-17)9-11-19-16-7-5-14(6-8-16)13(2)3/h5-8,13,15,18H,4,9-11H2,1-3H3. The van der Waals surface area contributed by atoms with Gasteiger partial charge in [-0.05, 0) is 43.0 Å². The Morgan fingerprint density at radius 3 is 2.47 bits per heavy atom. The molecule has 0 aliphatic heterocycles. The van der Waals surface area contributed by atoms with E-state index >= 15 is 0 Å². The van der Waals surface area contributed by atoms with Crippen molar-refractivity contribution in [3.05, 3.63) is 29.8 Å². The molecule has 0 fully saturated rings. The summed E-state index contributed by atoms with van der Waals surface area (Å²) < 4.78 is 0. The highest BCUT2D eigenvalue weighted by atomic mass is 32.2. The van der Waals surface area contributed by atoms with Crippen molar-refractivity contribution in [1.82, 2.24) is 5.32 Å². The van der Waals surface area contributed by atoms with E-state index in [-0.39, 0.29) is 6.04 Å². The Bertz CT molecular complexity index is 392. The second-order valence-electron chi connectivity index (χ2n) is 5.00. The highest BCUT2D eigenvalue weighted by molar-refractivity contribution is 7.99. The lowest BCUT2D eigenvalue weighted by atomic mass is 10.0. The molecule has 0 aromatic heterocycles. The smallest absolute Gasteiger partial charge is 0.0961 e. The first-order valence-electron chi connectivity index (χ1n) is 7.03. The summed E-state index contributed by atoms with van der Waals surface area (Å²) in [5.41, 5.74) is 1.38. The van der Waals surface area contributed by atoms with Crippen molar-refractivity contribution >= 4 is 11.8 Å². The molecule has 1 unspecified atom stereocenters. The van der Waals surface area contributed by atoms with Gasteiger partial charge in [0.1, 0.15) is 0 Å². The molecule has 2 nitrogen and oxygen atoms in total. The first kappa shape index (κ1) is 16.1. The summed E-state index contributed by atoms with van der Waals surface area (Å²) in [5.74, 6) is 1.57. The minimum Gasteiger partial charge on any atom is -0.302 e. The molecule has 0 aliphatic rings. The van der Waals surface area contributed by atoms with Crippen LogP contribution in [0.5, 0.6) is 0 Å². The van der Waals surface area contributed by atoms with E-state index in [1.54, 1.807) is 0 Å².